The van der Waals surface area contributed by atoms with Gasteiger partial charge in [0.15, 0.2) is 0 Å². The van der Waals surface area contributed by atoms with E-state index >= 15 is 0 Å². The fourth-order valence-corrected chi connectivity index (χ4v) is 0.500. The predicted molar refractivity (Wildman–Crippen MR) is 47.2 cm³/mol. The lowest BCUT2D eigenvalue weighted by Crippen LogP contribution is -2.18. The van der Waals surface area contributed by atoms with E-state index in [2.05, 4.69) is 16.1 Å². The third-order valence-electron chi connectivity index (χ3n) is 1.05. The molecule has 0 aromatic rings. The minimum atomic E-state index is -0.814. The Morgan fingerprint density at radius 1 is 1.54 bits per heavy atom. The lowest BCUT2D eigenvalue weighted by atomic mass is 10.5. The van der Waals surface area contributed by atoms with Crippen LogP contribution < -0.4 is 0 Å². The van der Waals surface area contributed by atoms with Crippen molar-refractivity contribution in [3.8, 4) is 0 Å². The van der Waals surface area contributed by atoms with Gasteiger partial charge in [0.25, 0.3) is 0 Å². The maximum atomic E-state index is 10.9. The van der Waals surface area contributed by atoms with Gasteiger partial charge in [0, 0.05) is 0 Å². The molecule has 0 N–H and O–H groups in total. The Labute approximate surface area is 81.5 Å². The molecular weight excluding hydrogens is 196 g/mol. The van der Waals surface area contributed by atoms with Gasteiger partial charge >= 0.3 is 11.9 Å². The van der Waals surface area contributed by atoms with Crippen LogP contribution in [0.5, 0.6) is 0 Å². The van der Waals surface area contributed by atoms with Crippen molar-refractivity contribution in [3.05, 3.63) is 12.3 Å². The van der Waals surface area contributed by atoms with Crippen molar-refractivity contribution in [3.63, 3.8) is 0 Å². The standard InChI is InChI=1S/C8H11ClO4/c1-4-12-8(11)6(3)13-7(10)5(2)9/h5H,3-4H2,1-2H3. The number of carbonyl (C=O) groups is 2. The zero-order valence-electron chi connectivity index (χ0n) is 7.50. The van der Waals surface area contributed by atoms with E-state index in [9.17, 15) is 9.59 Å². The Bertz CT molecular complexity index is 222. The Hall–Kier alpha value is -1.03. The van der Waals surface area contributed by atoms with Crippen LogP contribution in [0, 0.1) is 0 Å². The largest absolute Gasteiger partial charge is 0.460 e. The summed E-state index contributed by atoms with van der Waals surface area (Å²) in [7, 11) is 0. The smallest absolute Gasteiger partial charge is 0.373 e. The Morgan fingerprint density at radius 3 is 2.46 bits per heavy atom. The summed E-state index contributed by atoms with van der Waals surface area (Å²) in [4.78, 5) is 21.7. The second-order valence-corrected chi connectivity index (χ2v) is 2.84. The number of halogens is 1. The van der Waals surface area contributed by atoms with Crippen LogP contribution in [-0.4, -0.2) is 23.9 Å². The molecule has 0 aliphatic rings. The summed E-state index contributed by atoms with van der Waals surface area (Å²) in [6.07, 6.45) is 0. The number of ether oxygens (including phenoxy) is 2. The minimum Gasteiger partial charge on any atom is -0.460 e. The van der Waals surface area contributed by atoms with Gasteiger partial charge in [-0.2, -0.15) is 0 Å². The van der Waals surface area contributed by atoms with Crippen LogP contribution in [0.1, 0.15) is 13.8 Å². The monoisotopic (exact) mass is 206 g/mol. The van der Waals surface area contributed by atoms with Crippen LogP contribution >= 0.6 is 11.6 Å². The third kappa shape index (κ3) is 4.52. The molecule has 13 heavy (non-hydrogen) atoms. The van der Waals surface area contributed by atoms with Gasteiger partial charge in [-0.25, -0.2) is 4.79 Å². The number of carbonyl (C=O) groups excluding carboxylic acids is 2. The third-order valence-corrected chi connectivity index (χ3v) is 1.23. The van der Waals surface area contributed by atoms with Crippen LogP contribution in [0.25, 0.3) is 0 Å². The fourth-order valence-electron chi connectivity index (χ4n) is 0.456. The molecule has 5 heteroatoms. The molecule has 74 valence electrons. The number of rotatable bonds is 4. The molecule has 0 spiro atoms. The molecule has 1 unspecified atom stereocenters. The second-order valence-electron chi connectivity index (χ2n) is 2.18. The molecule has 0 saturated carbocycles. The van der Waals surface area contributed by atoms with E-state index < -0.39 is 17.3 Å². The number of hydrogen-bond donors (Lipinski definition) is 0. The average Bonchev–Trinajstić information content (AvgIpc) is 2.04. The van der Waals surface area contributed by atoms with Crippen LogP contribution in [0.3, 0.4) is 0 Å². The average molecular weight is 207 g/mol. The molecule has 0 amide bonds. The van der Waals surface area contributed by atoms with Gasteiger partial charge in [0.05, 0.1) is 6.61 Å². The van der Waals surface area contributed by atoms with Crippen LogP contribution in [-0.2, 0) is 19.1 Å². The van der Waals surface area contributed by atoms with Crippen molar-refractivity contribution in [1.29, 1.82) is 0 Å². The lowest BCUT2D eigenvalue weighted by molar-refractivity contribution is -0.150. The van der Waals surface area contributed by atoms with Crippen molar-refractivity contribution in [2.75, 3.05) is 6.61 Å². The van der Waals surface area contributed by atoms with E-state index in [-0.39, 0.29) is 12.4 Å². The molecule has 0 aliphatic carbocycles. The zero-order chi connectivity index (χ0) is 10.4. The highest BCUT2D eigenvalue weighted by Crippen LogP contribution is 2.03. The summed E-state index contributed by atoms with van der Waals surface area (Å²) < 4.78 is 9.01. The molecule has 0 aromatic carbocycles. The summed E-state index contributed by atoms with van der Waals surface area (Å²) >= 11 is 5.39. The maximum Gasteiger partial charge on any atom is 0.373 e. The number of hydrogen-bond acceptors (Lipinski definition) is 4. The molecule has 0 bridgehead atoms. The van der Waals surface area contributed by atoms with E-state index in [0.29, 0.717) is 0 Å². The maximum absolute atomic E-state index is 10.9. The van der Waals surface area contributed by atoms with Crippen LogP contribution in [0.4, 0.5) is 0 Å². The van der Waals surface area contributed by atoms with Gasteiger partial charge in [-0.1, -0.05) is 0 Å². The summed E-state index contributed by atoms with van der Waals surface area (Å²) in [5.41, 5.74) is 0. The predicted octanol–water partition coefficient (Wildman–Crippen LogP) is 1.23. The fraction of sp³-hybridized carbons (Fsp3) is 0.500. The van der Waals surface area contributed by atoms with Gasteiger partial charge in [-0.3, -0.25) is 4.79 Å². The van der Waals surface area contributed by atoms with Gasteiger partial charge < -0.3 is 9.47 Å². The van der Waals surface area contributed by atoms with E-state index in [1.807, 2.05) is 0 Å². The van der Waals surface area contributed by atoms with E-state index in [0.717, 1.165) is 0 Å². The molecule has 0 heterocycles. The zero-order valence-corrected chi connectivity index (χ0v) is 8.26. The van der Waals surface area contributed by atoms with Gasteiger partial charge in [0.1, 0.15) is 5.38 Å². The van der Waals surface area contributed by atoms with Crippen molar-refractivity contribution < 1.29 is 19.1 Å². The lowest BCUT2D eigenvalue weighted by Gasteiger charge is -2.06. The normalized spacial score (nSPS) is 11.6. The summed E-state index contributed by atoms with van der Waals surface area (Å²) in [5, 5.41) is -0.814. The highest BCUT2D eigenvalue weighted by atomic mass is 35.5. The molecule has 0 fully saturated rings. The SMILES string of the molecule is C=C(OC(=O)C(C)Cl)C(=O)OCC. The van der Waals surface area contributed by atoms with Gasteiger partial charge in [-0.05, 0) is 20.4 Å². The van der Waals surface area contributed by atoms with Gasteiger partial charge in [0.2, 0.25) is 5.76 Å². The first-order valence-electron chi connectivity index (χ1n) is 3.70. The first kappa shape index (κ1) is 12.0. The number of alkyl halides is 1. The van der Waals surface area contributed by atoms with E-state index in [4.69, 9.17) is 11.6 Å². The van der Waals surface area contributed by atoms with E-state index in [1.54, 1.807) is 6.92 Å². The van der Waals surface area contributed by atoms with Crippen LogP contribution in [0.15, 0.2) is 12.3 Å². The molecule has 0 saturated heterocycles. The molecule has 0 aromatic heterocycles. The molecule has 4 nitrogen and oxygen atoms in total. The van der Waals surface area contributed by atoms with E-state index in [1.165, 1.54) is 6.92 Å². The molecule has 0 rings (SSSR count). The summed E-state index contributed by atoms with van der Waals surface area (Å²) in [6.45, 7) is 6.49. The Morgan fingerprint density at radius 2 is 2.08 bits per heavy atom. The highest BCUT2D eigenvalue weighted by Gasteiger charge is 2.17. The van der Waals surface area contributed by atoms with Crippen molar-refractivity contribution >= 4 is 23.5 Å². The minimum absolute atomic E-state index is 0.200. The van der Waals surface area contributed by atoms with Crippen molar-refractivity contribution in [1.82, 2.24) is 0 Å². The second kappa shape index (κ2) is 5.59. The Balaban J connectivity index is 4.01. The van der Waals surface area contributed by atoms with Crippen molar-refractivity contribution in [2.24, 2.45) is 0 Å². The molecular formula is C8H11ClO4. The molecule has 0 radical (unpaired) electrons. The first-order chi connectivity index (χ1) is 5.99. The highest BCUT2D eigenvalue weighted by molar-refractivity contribution is 6.29. The topological polar surface area (TPSA) is 52.6 Å². The molecule has 1 atom stereocenters. The van der Waals surface area contributed by atoms with Crippen LogP contribution in [0.2, 0.25) is 0 Å². The number of esters is 2. The summed E-state index contributed by atoms with van der Waals surface area (Å²) in [6, 6.07) is 0. The first-order valence-corrected chi connectivity index (χ1v) is 4.14. The van der Waals surface area contributed by atoms with Crippen molar-refractivity contribution in [2.45, 2.75) is 19.2 Å². The molecule has 0 aliphatic heterocycles. The quantitative estimate of drug-likeness (QED) is 0.301. The summed E-state index contributed by atoms with van der Waals surface area (Å²) in [5.74, 6) is -1.83. The van der Waals surface area contributed by atoms with Gasteiger partial charge in [-0.15, -0.1) is 11.6 Å². The Kier molecular flexibility index (Phi) is 5.14.